The summed E-state index contributed by atoms with van der Waals surface area (Å²) in [5.41, 5.74) is 5.74. The highest BCUT2D eigenvalue weighted by molar-refractivity contribution is 7.90. The minimum absolute atomic E-state index is 0.0809. The average Bonchev–Trinajstić information content (AvgIpc) is 3.47. The van der Waals surface area contributed by atoms with Crippen LogP contribution < -0.4 is 15.2 Å². The van der Waals surface area contributed by atoms with Crippen molar-refractivity contribution in [1.82, 2.24) is 9.78 Å². The number of fused-ring (bicyclic) bond motifs is 3. The minimum atomic E-state index is -3.69. The summed E-state index contributed by atoms with van der Waals surface area (Å²) in [7, 11) is -1.97. The second-order valence-corrected chi connectivity index (χ2v) is 10.4. The fourth-order valence-electron chi connectivity index (χ4n) is 5.33. The van der Waals surface area contributed by atoms with Gasteiger partial charge in [-0.15, -0.1) is 0 Å². The summed E-state index contributed by atoms with van der Waals surface area (Å²) in [6.07, 6.45) is 6.60. The minimum Gasteiger partial charge on any atom is -0.477 e. The molecule has 4 N–H and O–H groups in total. The van der Waals surface area contributed by atoms with Gasteiger partial charge in [0.1, 0.15) is 9.92 Å². The van der Waals surface area contributed by atoms with Crippen molar-refractivity contribution in [2.45, 2.75) is 62.3 Å². The Labute approximate surface area is 187 Å². The Kier molecular flexibility index (Phi) is 5.47. The van der Waals surface area contributed by atoms with E-state index in [1.165, 1.54) is 26.9 Å². The normalized spacial score (nSPS) is 20.8. The Morgan fingerprint density at radius 1 is 1.38 bits per heavy atom. The van der Waals surface area contributed by atoms with Crippen LogP contribution in [0.2, 0.25) is 0 Å². The van der Waals surface area contributed by atoms with Crippen LogP contribution in [0, 0.1) is 4.78 Å². The third-order valence-electron chi connectivity index (χ3n) is 6.77. The van der Waals surface area contributed by atoms with Crippen molar-refractivity contribution in [3.63, 3.8) is 0 Å². The lowest BCUT2D eigenvalue weighted by molar-refractivity contribution is 0.101. The molecule has 9 nitrogen and oxygen atoms in total. The maximum absolute atomic E-state index is 13.4. The number of nitrogens with zero attached hydrogens (tertiary/aromatic N) is 2. The molecule has 1 aliphatic heterocycles. The quantitative estimate of drug-likeness (QED) is 0.611. The first-order valence-corrected chi connectivity index (χ1v) is 12.8. The number of carbonyl (C=O) groups is 1. The first kappa shape index (κ1) is 21.4. The predicted molar refractivity (Wildman–Crippen MR) is 120 cm³/mol. The molecular formula is C22H29N5O4S. The van der Waals surface area contributed by atoms with Crippen molar-refractivity contribution >= 4 is 21.5 Å². The van der Waals surface area contributed by atoms with Crippen LogP contribution in [0.15, 0.2) is 11.0 Å². The van der Waals surface area contributed by atoms with Gasteiger partial charge in [0.2, 0.25) is 5.88 Å². The van der Waals surface area contributed by atoms with E-state index in [0.717, 1.165) is 50.6 Å². The van der Waals surface area contributed by atoms with Gasteiger partial charge in [-0.05, 0) is 66.7 Å². The second kappa shape index (κ2) is 8.17. The fraction of sp³-hybridized carbons (Fsp3) is 0.545. The molecule has 1 aromatic heterocycles. The van der Waals surface area contributed by atoms with Gasteiger partial charge in [0.15, 0.2) is 10.6 Å². The van der Waals surface area contributed by atoms with Gasteiger partial charge in [0, 0.05) is 32.4 Å². The first-order valence-electron chi connectivity index (χ1n) is 11.2. The van der Waals surface area contributed by atoms with Crippen LogP contribution in [0.25, 0.3) is 0 Å². The van der Waals surface area contributed by atoms with E-state index in [1.54, 1.807) is 7.11 Å². The maximum Gasteiger partial charge on any atom is 0.277 e. The molecule has 0 radical (unpaired) electrons. The molecule has 2 atom stereocenters. The molecule has 1 aromatic carbocycles. The summed E-state index contributed by atoms with van der Waals surface area (Å²) < 4.78 is 32.9. The molecule has 2 unspecified atom stereocenters. The summed E-state index contributed by atoms with van der Waals surface area (Å²) in [5.74, 6) is 0.109. The number of amides is 1. The molecule has 172 valence electrons. The molecule has 2 heterocycles. The standard InChI is InChI=1S/C22H29N5O4S/c1-30-11-8-13-6-7-16-17(13)12-14-4-2-5-15(14)18(16)25-21(28)19-20(32(23,24)29)22-27(26-19)9-3-10-31-22/h12-13H,2-11H2,1H3,(H,25,28)(H3,23,24,29). The van der Waals surface area contributed by atoms with Crippen LogP contribution in [0.5, 0.6) is 5.88 Å². The molecule has 0 saturated heterocycles. The number of rotatable bonds is 6. The molecule has 10 heteroatoms. The average molecular weight is 460 g/mol. The highest BCUT2D eigenvalue weighted by Gasteiger charge is 2.34. The zero-order valence-corrected chi connectivity index (χ0v) is 19.1. The smallest absolute Gasteiger partial charge is 0.277 e. The number of nitrogens with two attached hydrogens (primary N) is 1. The van der Waals surface area contributed by atoms with Crippen molar-refractivity contribution < 1.29 is 18.5 Å². The first-order chi connectivity index (χ1) is 15.4. The fourth-order valence-corrected chi connectivity index (χ4v) is 6.18. The van der Waals surface area contributed by atoms with Gasteiger partial charge in [-0.2, -0.15) is 5.10 Å². The summed E-state index contributed by atoms with van der Waals surface area (Å²) >= 11 is 0. The van der Waals surface area contributed by atoms with Gasteiger partial charge >= 0.3 is 0 Å². The van der Waals surface area contributed by atoms with Crippen molar-refractivity contribution in [2.75, 3.05) is 25.6 Å². The molecule has 1 amide bonds. The maximum atomic E-state index is 13.4. The van der Waals surface area contributed by atoms with Crippen LogP contribution >= 0.6 is 0 Å². The Morgan fingerprint density at radius 2 is 2.22 bits per heavy atom. The molecular weight excluding hydrogens is 430 g/mol. The highest BCUT2D eigenvalue weighted by Crippen LogP contribution is 2.44. The van der Waals surface area contributed by atoms with E-state index in [-0.39, 0.29) is 16.5 Å². The van der Waals surface area contributed by atoms with Gasteiger partial charge in [-0.25, -0.2) is 18.8 Å². The number of hydrogen-bond acceptors (Lipinski definition) is 6. The summed E-state index contributed by atoms with van der Waals surface area (Å²) in [6, 6.07) is 2.33. The molecule has 0 bridgehead atoms. The number of ether oxygens (including phenoxy) is 2. The Morgan fingerprint density at radius 3 is 3.00 bits per heavy atom. The summed E-state index contributed by atoms with van der Waals surface area (Å²) in [6.45, 7) is 1.65. The highest BCUT2D eigenvalue weighted by atomic mass is 32.2. The number of nitrogens with one attached hydrogen (secondary N) is 2. The van der Waals surface area contributed by atoms with Crippen LogP contribution in [0.3, 0.4) is 0 Å². The van der Waals surface area contributed by atoms with E-state index < -0.39 is 15.8 Å². The van der Waals surface area contributed by atoms with Gasteiger partial charge in [-0.3, -0.25) is 4.79 Å². The zero-order chi connectivity index (χ0) is 22.5. The third-order valence-corrected chi connectivity index (χ3v) is 7.74. The van der Waals surface area contributed by atoms with Crippen molar-refractivity contribution in [3.05, 3.63) is 34.0 Å². The van der Waals surface area contributed by atoms with Crippen LogP contribution in [-0.4, -0.2) is 40.2 Å². The molecule has 5 rings (SSSR count). The molecule has 32 heavy (non-hydrogen) atoms. The Hall–Kier alpha value is -2.43. The van der Waals surface area contributed by atoms with E-state index in [9.17, 15) is 9.00 Å². The summed E-state index contributed by atoms with van der Waals surface area (Å²) in [4.78, 5) is 13.3. The molecule has 2 aromatic rings. The van der Waals surface area contributed by atoms with Crippen LogP contribution in [-0.2, 0) is 40.5 Å². The monoisotopic (exact) mass is 459 g/mol. The number of anilines is 1. The van der Waals surface area contributed by atoms with Gasteiger partial charge in [0.25, 0.3) is 5.91 Å². The number of hydrogen-bond donors (Lipinski definition) is 3. The van der Waals surface area contributed by atoms with E-state index in [1.807, 2.05) is 0 Å². The van der Waals surface area contributed by atoms with Gasteiger partial charge in [0.05, 0.1) is 6.61 Å². The topological polar surface area (TPSA) is 132 Å². The van der Waals surface area contributed by atoms with E-state index in [2.05, 4.69) is 16.5 Å². The second-order valence-electron chi connectivity index (χ2n) is 8.79. The Bertz CT molecular complexity index is 1190. The van der Waals surface area contributed by atoms with Gasteiger partial charge in [-0.1, -0.05) is 6.07 Å². The van der Waals surface area contributed by atoms with Gasteiger partial charge < -0.3 is 14.8 Å². The summed E-state index contributed by atoms with van der Waals surface area (Å²) in [5, 5.41) is 13.1. The molecule has 0 saturated carbocycles. The van der Waals surface area contributed by atoms with Crippen molar-refractivity contribution in [3.8, 4) is 5.88 Å². The number of methoxy groups -OCH3 is 1. The lowest BCUT2D eigenvalue weighted by Crippen LogP contribution is -2.21. The lowest BCUT2D eigenvalue weighted by Gasteiger charge is -2.18. The van der Waals surface area contributed by atoms with Crippen LogP contribution in [0.4, 0.5) is 5.69 Å². The molecule has 2 aliphatic carbocycles. The number of carbonyl (C=O) groups excluding carboxylic acids is 1. The molecule has 0 fully saturated rings. The zero-order valence-electron chi connectivity index (χ0n) is 18.2. The van der Waals surface area contributed by atoms with E-state index >= 15 is 0 Å². The number of benzene rings is 1. The lowest BCUT2D eigenvalue weighted by atomic mass is 9.93. The van der Waals surface area contributed by atoms with E-state index in [0.29, 0.717) is 25.7 Å². The van der Waals surface area contributed by atoms with Crippen molar-refractivity contribution in [2.24, 2.45) is 5.14 Å². The molecule has 3 aliphatic rings. The number of aromatic nitrogens is 2. The number of aryl methyl sites for hydroxylation is 2. The third kappa shape index (κ3) is 3.60. The van der Waals surface area contributed by atoms with E-state index in [4.69, 9.17) is 19.4 Å². The Balaban J connectivity index is 1.55. The largest absolute Gasteiger partial charge is 0.477 e. The molecule has 0 spiro atoms. The predicted octanol–water partition coefficient (Wildman–Crippen LogP) is 2.75. The SMILES string of the molecule is COCCC1CCc2c1cc1c(c2NC(=O)c2nn3c(c2S(=N)(N)=O)OCCC3)CCC1. The van der Waals surface area contributed by atoms with Crippen LogP contribution in [0.1, 0.15) is 64.3 Å². The van der Waals surface area contributed by atoms with Crippen molar-refractivity contribution in [1.29, 1.82) is 4.78 Å².